The van der Waals surface area contributed by atoms with Gasteiger partial charge >= 0.3 is 6.18 Å². The van der Waals surface area contributed by atoms with E-state index < -0.39 is 17.6 Å². The highest BCUT2D eigenvalue weighted by Gasteiger charge is 2.33. The van der Waals surface area contributed by atoms with Crippen molar-refractivity contribution in [2.45, 2.75) is 26.1 Å². The summed E-state index contributed by atoms with van der Waals surface area (Å²) in [7, 11) is 0. The molecule has 0 atom stereocenters. The first kappa shape index (κ1) is 13.0. The fourth-order valence-corrected chi connectivity index (χ4v) is 1.31. The van der Waals surface area contributed by atoms with Crippen molar-refractivity contribution in [3.05, 3.63) is 35.1 Å². The summed E-state index contributed by atoms with van der Waals surface area (Å²) >= 11 is 0. The molecule has 0 aliphatic rings. The lowest BCUT2D eigenvalue weighted by molar-refractivity contribution is -0.140. The van der Waals surface area contributed by atoms with Crippen LogP contribution in [0.4, 0.5) is 17.6 Å². The van der Waals surface area contributed by atoms with E-state index in [0.29, 0.717) is 12.1 Å². The maximum Gasteiger partial charge on any atom is 0.419 e. The molecule has 0 heterocycles. The second-order valence-electron chi connectivity index (χ2n) is 3.49. The van der Waals surface area contributed by atoms with E-state index in [0.717, 1.165) is 25.1 Å². The third-order valence-electron chi connectivity index (χ3n) is 2.09. The Bertz CT molecular complexity index is 346. The van der Waals surface area contributed by atoms with E-state index in [1.54, 1.807) is 0 Å². The highest BCUT2D eigenvalue weighted by atomic mass is 19.4. The first-order valence-corrected chi connectivity index (χ1v) is 5.01. The van der Waals surface area contributed by atoms with Gasteiger partial charge < -0.3 is 5.32 Å². The molecule has 0 saturated carbocycles. The van der Waals surface area contributed by atoms with Gasteiger partial charge in [-0.25, -0.2) is 4.39 Å². The highest BCUT2D eigenvalue weighted by Crippen LogP contribution is 2.31. The summed E-state index contributed by atoms with van der Waals surface area (Å²) in [6.45, 7) is 3.10. The highest BCUT2D eigenvalue weighted by molar-refractivity contribution is 5.26. The number of rotatable bonds is 4. The number of alkyl halides is 3. The van der Waals surface area contributed by atoms with E-state index >= 15 is 0 Å². The van der Waals surface area contributed by atoms with Crippen molar-refractivity contribution in [1.82, 2.24) is 5.32 Å². The van der Waals surface area contributed by atoms with Gasteiger partial charge in [-0.15, -0.1) is 0 Å². The van der Waals surface area contributed by atoms with Crippen LogP contribution in [0.5, 0.6) is 0 Å². The third kappa shape index (κ3) is 3.48. The Morgan fingerprint density at radius 2 is 1.94 bits per heavy atom. The van der Waals surface area contributed by atoms with Crippen LogP contribution in [0.25, 0.3) is 0 Å². The summed E-state index contributed by atoms with van der Waals surface area (Å²) in [4.78, 5) is 0. The van der Waals surface area contributed by atoms with Gasteiger partial charge in [0, 0.05) is 6.54 Å². The van der Waals surface area contributed by atoms with Crippen LogP contribution < -0.4 is 5.32 Å². The first-order valence-electron chi connectivity index (χ1n) is 5.01. The van der Waals surface area contributed by atoms with E-state index in [-0.39, 0.29) is 0 Å². The molecule has 0 amide bonds. The molecule has 0 unspecified atom stereocenters. The van der Waals surface area contributed by atoms with Crippen molar-refractivity contribution in [3.63, 3.8) is 0 Å². The molecular formula is C11H13F4N. The van der Waals surface area contributed by atoms with E-state index in [9.17, 15) is 17.6 Å². The van der Waals surface area contributed by atoms with Gasteiger partial charge in [-0.3, -0.25) is 0 Å². The second-order valence-corrected chi connectivity index (χ2v) is 3.49. The van der Waals surface area contributed by atoms with Gasteiger partial charge in [0.15, 0.2) is 0 Å². The van der Waals surface area contributed by atoms with E-state index in [4.69, 9.17) is 0 Å². The predicted molar refractivity (Wildman–Crippen MR) is 53.4 cm³/mol. The molecule has 1 rings (SSSR count). The normalized spacial score (nSPS) is 11.8. The lowest BCUT2D eigenvalue weighted by atomic mass is 10.1. The van der Waals surface area contributed by atoms with Crippen LogP contribution in [0.1, 0.15) is 24.5 Å². The minimum Gasteiger partial charge on any atom is -0.313 e. The van der Waals surface area contributed by atoms with E-state index in [2.05, 4.69) is 5.32 Å². The van der Waals surface area contributed by atoms with Crippen LogP contribution in [-0.2, 0) is 12.7 Å². The van der Waals surface area contributed by atoms with Gasteiger partial charge in [-0.2, -0.15) is 13.2 Å². The SMILES string of the molecule is CCCNCc1ccc(C(F)(F)F)c(F)c1. The number of hydrogen-bond donors (Lipinski definition) is 1. The van der Waals surface area contributed by atoms with Crippen molar-refractivity contribution in [2.24, 2.45) is 0 Å². The molecular weight excluding hydrogens is 222 g/mol. The summed E-state index contributed by atoms with van der Waals surface area (Å²) in [5.74, 6) is -1.22. The Hall–Kier alpha value is -1.10. The molecule has 16 heavy (non-hydrogen) atoms. The fraction of sp³-hybridized carbons (Fsp3) is 0.455. The molecule has 1 nitrogen and oxygen atoms in total. The molecule has 1 N–H and O–H groups in total. The van der Waals surface area contributed by atoms with Crippen LogP contribution in [0, 0.1) is 5.82 Å². The molecule has 0 spiro atoms. The molecule has 0 aliphatic heterocycles. The average molecular weight is 235 g/mol. The van der Waals surface area contributed by atoms with Crippen molar-refractivity contribution in [2.75, 3.05) is 6.54 Å². The van der Waals surface area contributed by atoms with Crippen molar-refractivity contribution >= 4 is 0 Å². The Labute approximate surface area is 91.5 Å². The smallest absolute Gasteiger partial charge is 0.313 e. The lowest BCUT2D eigenvalue weighted by Gasteiger charge is -2.09. The van der Waals surface area contributed by atoms with Crippen LogP contribution >= 0.6 is 0 Å². The Kier molecular flexibility index (Phi) is 4.29. The number of halogens is 4. The standard InChI is InChI=1S/C11H13F4N/c1-2-5-16-7-8-3-4-9(10(12)6-8)11(13,14)15/h3-4,6,16H,2,5,7H2,1H3. The minimum absolute atomic E-state index is 0.378. The zero-order valence-corrected chi connectivity index (χ0v) is 8.87. The van der Waals surface area contributed by atoms with Crippen LogP contribution in [0.2, 0.25) is 0 Å². The molecule has 1 aromatic rings. The van der Waals surface area contributed by atoms with E-state index in [1.165, 1.54) is 6.07 Å². The Balaban J connectivity index is 2.75. The maximum atomic E-state index is 13.1. The summed E-state index contributed by atoms with van der Waals surface area (Å²) in [5, 5.41) is 2.99. The molecule has 90 valence electrons. The first-order chi connectivity index (χ1) is 7.45. The van der Waals surface area contributed by atoms with Gasteiger partial charge in [0.2, 0.25) is 0 Å². The summed E-state index contributed by atoms with van der Waals surface area (Å²) in [6, 6.07) is 2.98. The van der Waals surface area contributed by atoms with Gasteiger partial charge in [-0.05, 0) is 30.7 Å². The molecule has 0 fully saturated rings. The zero-order valence-electron chi connectivity index (χ0n) is 8.87. The molecule has 0 aromatic heterocycles. The molecule has 0 saturated heterocycles. The van der Waals surface area contributed by atoms with E-state index in [1.807, 2.05) is 6.92 Å². The second kappa shape index (κ2) is 5.30. The minimum atomic E-state index is -4.63. The number of hydrogen-bond acceptors (Lipinski definition) is 1. The van der Waals surface area contributed by atoms with Crippen LogP contribution in [0.3, 0.4) is 0 Å². The molecule has 0 bridgehead atoms. The van der Waals surface area contributed by atoms with Crippen LogP contribution in [0.15, 0.2) is 18.2 Å². The molecule has 1 aromatic carbocycles. The molecule has 5 heteroatoms. The fourth-order valence-electron chi connectivity index (χ4n) is 1.31. The molecule has 0 radical (unpaired) electrons. The maximum absolute atomic E-state index is 13.1. The predicted octanol–water partition coefficient (Wildman–Crippen LogP) is 3.34. The molecule has 0 aliphatic carbocycles. The monoisotopic (exact) mass is 235 g/mol. The number of benzene rings is 1. The zero-order chi connectivity index (χ0) is 12.2. The number of nitrogens with one attached hydrogen (secondary N) is 1. The van der Waals surface area contributed by atoms with Crippen molar-refractivity contribution in [1.29, 1.82) is 0 Å². The van der Waals surface area contributed by atoms with Gasteiger partial charge in [0.25, 0.3) is 0 Å². The quantitative estimate of drug-likeness (QED) is 0.623. The van der Waals surface area contributed by atoms with Crippen LogP contribution in [-0.4, -0.2) is 6.54 Å². The van der Waals surface area contributed by atoms with Crippen molar-refractivity contribution in [3.8, 4) is 0 Å². The topological polar surface area (TPSA) is 12.0 Å². The summed E-state index contributed by atoms with van der Waals surface area (Å²) in [6.07, 6.45) is -3.71. The Morgan fingerprint density at radius 1 is 1.25 bits per heavy atom. The average Bonchev–Trinajstić information content (AvgIpc) is 2.16. The van der Waals surface area contributed by atoms with Crippen molar-refractivity contribution < 1.29 is 17.6 Å². The third-order valence-corrected chi connectivity index (χ3v) is 2.09. The largest absolute Gasteiger partial charge is 0.419 e. The summed E-state index contributed by atoms with van der Waals surface area (Å²) in [5.41, 5.74) is -0.703. The summed E-state index contributed by atoms with van der Waals surface area (Å²) < 4.78 is 49.8. The van der Waals surface area contributed by atoms with Gasteiger partial charge in [0.05, 0.1) is 5.56 Å². The van der Waals surface area contributed by atoms with Gasteiger partial charge in [-0.1, -0.05) is 13.0 Å². The lowest BCUT2D eigenvalue weighted by Crippen LogP contribution is -2.15. The Morgan fingerprint density at radius 3 is 2.44 bits per heavy atom. The van der Waals surface area contributed by atoms with Gasteiger partial charge in [0.1, 0.15) is 5.82 Å².